The standard InChI is InChI=1S/C8H11ClF3NO2/c1-5(9)6(14)13-3-2-7(15,4-13)8(10,11)12/h5,15H,2-4H2,1H3/t5-,7-/m0/s1. The Bertz CT molecular complexity index is 269. The van der Waals surface area contributed by atoms with Crippen LogP contribution in [0.5, 0.6) is 0 Å². The Kier molecular flexibility index (Phi) is 3.21. The predicted molar refractivity (Wildman–Crippen MR) is 47.5 cm³/mol. The number of rotatable bonds is 1. The van der Waals surface area contributed by atoms with Crippen molar-refractivity contribution < 1.29 is 23.1 Å². The number of alkyl halides is 4. The number of hydrogen-bond donors (Lipinski definition) is 1. The zero-order chi connectivity index (χ0) is 11.9. The van der Waals surface area contributed by atoms with Crippen LogP contribution in [-0.4, -0.2) is 46.2 Å². The third-order valence-corrected chi connectivity index (χ3v) is 2.61. The Balaban J connectivity index is 2.71. The van der Waals surface area contributed by atoms with Crippen molar-refractivity contribution in [1.82, 2.24) is 4.90 Å². The van der Waals surface area contributed by atoms with Crippen LogP contribution in [0.25, 0.3) is 0 Å². The van der Waals surface area contributed by atoms with Crippen molar-refractivity contribution in [2.24, 2.45) is 0 Å². The third-order valence-electron chi connectivity index (χ3n) is 2.43. The van der Waals surface area contributed by atoms with E-state index < -0.39 is 36.0 Å². The van der Waals surface area contributed by atoms with Crippen LogP contribution in [0, 0.1) is 0 Å². The van der Waals surface area contributed by atoms with Crippen LogP contribution < -0.4 is 0 Å². The van der Waals surface area contributed by atoms with Crippen LogP contribution in [0.2, 0.25) is 0 Å². The summed E-state index contributed by atoms with van der Waals surface area (Å²) in [6.45, 7) is 0.535. The average molecular weight is 246 g/mol. The maximum atomic E-state index is 12.4. The Morgan fingerprint density at radius 3 is 2.47 bits per heavy atom. The Morgan fingerprint density at radius 1 is 1.60 bits per heavy atom. The van der Waals surface area contributed by atoms with Crippen LogP contribution in [0.3, 0.4) is 0 Å². The second-order valence-corrected chi connectivity index (χ2v) is 4.31. The minimum Gasteiger partial charge on any atom is -0.379 e. The van der Waals surface area contributed by atoms with Crippen LogP contribution in [0.1, 0.15) is 13.3 Å². The molecule has 0 unspecified atom stereocenters. The highest BCUT2D eigenvalue weighted by Crippen LogP contribution is 2.37. The normalized spacial score (nSPS) is 29.3. The third kappa shape index (κ3) is 2.36. The van der Waals surface area contributed by atoms with Crippen LogP contribution in [-0.2, 0) is 4.79 Å². The lowest BCUT2D eigenvalue weighted by Crippen LogP contribution is -2.48. The van der Waals surface area contributed by atoms with E-state index in [9.17, 15) is 23.1 Å². The van der Waals surface area contributed by atoms with Gasteiger partial charge in [0, 0.05) is 13.0 Å². The van der Waals surface area contributed by atoms with Crippen LogP contribution in [0.4, 0.5) is 13.2 Å². The van der Waals surface area contributed by atoms with Crippen molar-refractivity contribution in [3.05, 3.63) is 0 Å². The molecule has 1 heterocycles. The number of carbonyl (C=O) groups is 1. The summed E-state index contributed by atoms with van der Waals surface area (Å²) in [6, 6.07) is 0. The smallest absolute Gasteiger partial charge is 0.379 e. The van der Waals surface area contributed by atoms with E-state index in [2.05, 4.69) is 0 Å². The molecule has 0 aromatic heterocycles. The first kappa shape index (κ1) is 12.6. The molecule has 1 aliphatic heterocycles. The first-order valence-electron chi connectivity index (χ1n) is 4.39. The maximum absolute atomic E-state index is 12.4. The van der Waals surface area contributed by atoms with E-state index in [-0.39, 0.29) is 6.54 Å². The van der Waals surface area contributed by atoms with Gasteiger partial charge in [-0.1, -0.05) is 0 Å². The van der Waals surface area contributed by atoms with Gasteiger partial charge in [0.15, 0.2) is 5.60 Å². The zero-order valence-electron chi connectivity index (χ0n) is 8.01. The van der Waals surface area contributed by atoms with Gasteiger partial charge in [0.1, 0.15) is 5.38 Å². The number of amides is 1. The summed E-state index contributed by atoms with van der Waals surface area (Å²) in [5, 5.41) is 8.39. The largest absolute Gasteiger partial charge is 0.419 e. The van der Waals surface area contributed by atoms with Gasteiger partial charge in [-0.25, -0.2) is 0 Å². The summed E-state index contributed by atoms with van der Waals surface area (Å²) in [6.07, 6.45) is -5.20. The molecule has 0 aromatic carbocycles. The van der Waals surface area contributed by atoms with Crippen molar-refractivity contribution >= 4 is 17.5 Å². The van der Waals surface area contributed by atoms with Gasteiger partial charge < -0.3 is 10.0 Å². The van der Waals surface area contributed by atoms with Crippen molar-refractivity contribution in [3.63, 3.8) is 0 Å². The lowest BCUT2D eigenvalue weighted by Gasteiger charge is -2.26. The molecule has 1 saturated heterocycles. The average Bonchev–Trinajstić information content (AvgIpc) is 2.46. The molecule has 0 spiro atoms. The SMILES string of the molecule is C[C@H](Cl)C(=O)N1CC[C@@](O)(C(F)(F)F)C1. The molecule has 0 bridgehead atoms. The molecule has 7 heteroatoms. The Morgan fingerprint density at radius 2 is 2.13 bits per heavy atom. The van der Waals surface area contributed by atoms with Crippen molar-refractivity contribution in [1.29, 1.82) is 0 Å². The molecule has 1 amide bonds. The van der Waals surface area contributed by atoms with E-state index >= 15 is 0 Å². The molecule has 0 aliphatic carbocycles. The second-order valence-electron chi connectivity index (χ2n) is 3.66. The minimum absolute atomic E-state index is 0.119. The van der Waals surface area contributed by atoms with Gasteiger partial charge in [-0.05, 0) is 6.92 Å². The van der Waals surface area contributed by atoms with Gasteiger partial charge in [-0.15, -0.1) is 11.6 Å². The zero-order valence-corrected chi connectivity index (χ0v) is 8.77. The van der Waals surface area contributed by atoms with Crippen molar-refractivity contribution in [2.45, 2.75) is 30.5 Å². The molecule has 0 aromatic rings. The highest BCUT2D eigenvalue weighted by Gasteiger charge is 2.57. The van der Waals surface area contributed by atoms with Gasteiger partial charge >= 0.3 is 6.18 Å². The number of β-amino-alcohol motifs (C(OH)–C–C–N with tert-alkyl or cyclic N) is 1. The predicted octanol–water partition coefficient (Wildman–Crippen LogP) is 1.14. The summed E-state index contributed by atoms with van der Waals surface area (Å²) in [4.78, 5) is 12.2. The molecular formula is C8H11ClF3NO2. The van der Waals surface area contributed by atoms with Gasteiger partial charge in [-0.2, -0.15) is 13.2 Å². The molecule has 1 rings (SSSR count). The number of likely N-dealkylation sites (tertiary alicyclic amines) is 1. The molecule has 1 fully saturated rings. The van der Waals surface area contributed by atoms with E-state index in [0.717, 1.165) is 4.90 Å². The van der Waals surface area contributed by atoms with E-state index in [1.54, 1.807) is 0 Å². The van der Waals surface area contributed by atoms with E-state index in [1.165, 1.54) is 6.92 Å². The number of halogens is 4. The van der Waals surface area contributed by atoms with E-state index in [4.69, 9.17) is 11.6 Å². The monoisotopic (exact) mass is 245 g/mol. The van der Waals surface area contributed by atoms with Crippen molar-refractivity contribution in [2.75, 3.05) is 13.1 Å². The summed E-state index contributed by atoms with van der Waals surface area (Å²) in [5.41, 5.74) is -2.78. The fourth-order valence-electron chi connectivity index (χ4n) is 1.46. The summed E-state index contributed by atoms with van der Waals surface area (Å²) in [7, 11) is 0. The number of nitrogens with zero attached hydrogens (tertiary/aromatic N) is 1. The second kappa shape index (κ2) is 3.83. The van der Waals surface area contributed by atoms with Crippen LogP contribution >= 0.6 is 11.6 Å². The first-order valence-corrected chi connectivity index (χ1v) is 4.83. The van der Waals surface area contributed by atoms with Gasteiger partial charge in [-0.3, -0.25) is 4.79 Å². The first-order chi connectivity index (χ1) is 6.67. The summed E-state index contributed by atoms with van der Waals surface area (Å²) >= 11 is 5.46. The molecule has 15 heavy (non-hydrogen) atoms. The van der Waals surface area contributed by atoms with Gasteiger partial charge in [0.05, 0.1) is 6.54 Å². The fraction of sp³-hybridized carbons (Fsp3) is 0.875. The van der Waals surface area contributed by atoms with E-state index in [0.29, 0.717) is 0 Å². The number of hydrogen-bond acceptors (Lipinski definition) is 2. The Hall–Kier alpha value is -0.490. The highest BCUT2D eigenvalue weighted by molar-refractivity contribution is 6.30. The molecule has 1 N–H and O–H groups in total. The lowest BCUT2D eigenvalue weighted by atomic mass is 10.0. The van der Waals surface area contributed by atoms with Gasteiger partial charge in [0.25, 0.3) is 0 Å². The Labute approximate surface area is 89.8 Å². The molecular weight excluding hydrogens is 235 g/mol. The number of carbonyl (C=O) groups excluding carboxylic acids is 1. The van der Waals surface area contributed by atoms with Gasteiger partial charge in [0.2, 0.25) is 5.91 Å². The van der Waals surface area contributed by atoms with E-state index in [1.807, 2.05) is 0 Å². The quantitative estimate of drug-likeness (QED) is 0.704. The molecule has 2 atom stereocenters. The highest BCUT2D eigenvalue weighted by atomic mass is 35.5. The fourth-order valence-corrected chi connectivity index (χ4v) is 1.60. The van der Waals surface area contributed by atoms with Crippen LogP contribution in [0.15, 0.2) is 0 Å². The number of aliphatic hydroxyl groups is 1. The molecule has 0 radical (unpaired) electrons. The maximum Gasteiger partial charge on any atom is 0.419 e. The summed E-state index contributed by atoms with van der Waals surface area (Å²) in [5.74, 6) is -0.586. The molecule has 1 aliphatic rings. The molecule has 0 saturated carbocycles. The topological polar surface area (TPSA) is 40.5 Å². The summed E-state index contributed by atoms with van der Waals surface area (Å²) < 4.78 is 37.1. The van der Waals surface area contributed by atoms with Crippen molar-refractivity contribution in [3.8, 4) is 0 Å². The molecule has 88 valence electrons. The molecule has 3 nitrogen and oxygen atoms in total. The lowest BCUT2D eigenvalue weighted by molar-refractivity contribution is -0.253. The minimum atomic E-state index is -4.71.